The van der Waals surface area contributed by atoms with Crippen LogP contribution in [0, 0.1) is 5.41 Å². The molecule has 0 atom stereocenters. The van der Waals surface area contributed by atoms with Crippen molar-refractivity contribution < 1.29 is 0 Å². The molecule has 0 saturated carbocycles. The van der Waals surface area contributed by atoms with Crippen LogP contribution in [0.2, 0.25) is 0 Å². The highest BCUT2D eigenvalue weighted by molar-refractivity contribution is 5.81. The minimum atomic E-state index is -0.00876. The number of nitrogen functional groups attached to an aromatic ring is 1. The van der Waals surface area contributed by atoms with Crippen molar-refractivity contribution in [3.05, 3.63) is 11.3 Å². The van der Waals surface area contributed by atoms with Crippen molar-refractivity contribution in [2.45, 2.75) is 32.2 Å². The minimum absolute atomic E-state index is 0.00876. The molecular formula is C12H20N6. The summed E-state index contributed by atoms with van der Waals surface area (Å²) in [5.74, 6) is 0.917. The fourth-order valence-electron chi connectivity index (χ4n) is 2.88. The molecule has 2 aliphatic heterocycles. The molecule has 1 saturated heterocycles. The number of nitrogens with zero attached hydrogens (tertiary/aromatic N) is 3. The second-order valence-electron chi connectivity index (χ2n) is 5.08. The Balaban J connectivity index is 1.83. The molecule has 1 aromatic heterocycles. The Morgan fingerprint density at radius 3 is 2.83 bits per heavy atom. The van der Waals surface area contributed by atoms with Crippen LogP contribution in [0.3, 0.4) is 0 Å². The molecule has 98 valence electrons. The lowest BCUT2D eigenvalue weighted by atomic mass is 10.1. The Morgan fingerprint density at radius 2 is 2.11 bits per heavy atom. The molecule has 2 aliphatic rings. The van der Waals surface area contributed by atoms with Crippen LogP contribution in [-0.2, 0) is 13.0 Å². The number of nitrogens with two attached hydrogens (primary N) is 1. The zero-order valence-corrected chi connectivity index (χ0v) is 10.6. The first kappa shape index (κ1) is 11.5. The van der Waals surface area contributed by atoms with Gasteiger partial charge in [0.05, 0.1) is 5.69 Å². The van der Waals surface area contributed by atoms with E-state index in [0.29, 0.717) is 0 Å². The molecule has 0 radical (unpaired) electrons. The molecule has 0 spiro atoms. The molecule has 0 amide bonds. The molecule has 0 unspecified atom stereocenters. The average molecular weight is 248 g/mol. The summed E-state index contributed by atoms with van der Waals surface area (Å²) in [6.45, 7) is 4.14. The predicted octanol–water partition coefficient (Wildman–Crippen LogP) is 0.579. The van der Waals surface area contributed by atoms with Crippen LogP contribution in [0.1, 0.15) is 30.5 Å². The van der Waals surface area contributed by atoms with E-state index in [1.807, 2.05) is 0 Å². The van der Waals surface area contributed by atoms with Gasteiger partial charge in [-0.3, -0.25) is 10.3 Å². The molecule has 3 heterocycles. The summed E-state index contributed by atoms with van der Waals surface area (Å²) in [6, 6.07) is 0. The molecule has 0 aliphatic carbocycles. The van der Waals surface area contributed by atoms with Crippen LogP contribution >= 0.6 is 0 Å². The Morgan fingerprint density at radius 1 is 1.33 bits per heavy atom. The van der Waals surface area contributed by atoms with Gasteiger partial charge in [-0.25, -0.2) is 0 Å². The van der Waals surface area contributed by atoms with Crippen LogP contribution in [0.25, 0.3) is 0 Å². The van der Waals surface area contributed by atoms with Gasteiger partial charge in [-0.2, -0.15) is 9.78 Å². The normalized spacial score (nSPS) is 19.6. The highest BCUT2D eigenvalue weighted by atomic mass is 15.4. The first-order valence-corrected chi connectivity index (χ1v) is 6.67. The predicted molar refractivity (Wildman–Crippen MR) is 70.9 cm³/mol. The third kappa shape index (κ3) is 1.96. The quantitative estimate of drug-likeness (QED) is 0.528. The zero-order valence-electron chi connectivity index (χ0n) is 10.6. The summed E-state index contributed by atoms with van der Waals surface area (Å²) in [4.78, 5) is 2.45. The van der Waals surface area contributed by atoms with Crippen molar-refractivity contribution in [2.24, 2.45) is 5.73 Å². The molecule has 3 rings (SSSR count). The molecule has 18 heavy (non-hydrogen) atoms. The molecule has 6 nitrogen and oxygen atoms in total. The maximum Gasteiger partial charge on any atom is 0.215 e. The molecule has 4 N–H and O–H groups in total. The summed E-state index contributed by atoms with van der Waals surface area (Å²) < 4.78 is 1.53. The van der Waals surface area contributed by atoms with Crippen molar-refractivity contribution in [1.82, 2.24) is 14.7 Å². The summed E-state index contributed by atoms with van der Waals surface area (Å²) in [6.07, 6.45) is 4.91. The van der Waals surface area contributed by atoms with E-state index < -0.39 is 0 Å². The molecular weight excluding hydrogens is 228 g/mol. The fraction of sp³-hybridized carbons (Fsp3) is 0.667. The standard InChI is InChI=1S/C12H20N6/c13-12(14)18-11-9(4-5-15-11)10(16-18)8-17-6-2-1-3-7-17/h15H,1-8H2,(H3,13,14). The number of anilines is 1. The summed E-state index contributed by atoms with van der Waals surface area (Å²) in [5.41, 5.74) is 7.90. The SMILES string of the molecule is N=C(N)n1nc(CN2CCCCC2)c2c1NCC2. The van der Waals surface area contributed by atoms with Gasteiger partial charge in [-0.1, -0.05) is 6.42 Å². The van der Waals surface area contributed by atoms with Gasteiger partial charge in [0.25, 0.3) is 0 Å². The second-order valence-corrected chi connectivity index (χ2v) is 5.08. The molecule has 1 aromatic rings. The number of hydrogen-bond donors (Lipinski definition) is 3. The van der Waals surface area contributed by atoms with E-state index in [1.54, 1.807) is 0 Å². The molecule has 1 fully saturated rings. The first-order chi connectivity index (χ1) is 8.75. The maximum absolute atomic E-state index is 7.56. The van der Waals surface area contributed by atoms with Gasteiger partial charge in [0, 0.05) is 18.7 Å². The Hall–Kier alpha value is -1.56. The lowest BCUT2D eigenvalue weighted by molar-refractivity contribution is 0.218. The van der Waals surface area contributed by atoms with Gasteiger partial charge < -0.3 is 11.1 Å². The topological polar surface area (TPSA) is 83.0 Å². The van der Waals surface area contributed by atoms with E-state index >= 15 is 0 Å². The minimum Gasteiger partial charge on any atom is -0.369 e. The number of rotatable bonds is 2. The molecule has 0 bridgehead atoms. The average Bonchev–Trinajstić information content (AvgIpc) is 2.94. The number of hydrogen-bond acceptors (Lipinski definition) is 4. The van der Waals surface area contributed by atoms with E-state index in [4.69, 9.17) is 11.1 Å². The number of piperidine rings is 1. The monoisotopic (exact) mass is 248 g/mol. The van der Waals surface area contributed by atoms with Gasteiger partial charge in [0.15, 0.2) is 0 Å². The summed E-state index contributed by atoms with van der Waals surface area (Å²) in [7, 11) is 0. The van der Waals surface area contributed by atoms with Crippen molar-refractivity contribution in [3.8, 4) is 0 Å². The Labute approximate surface area is 107 Å². The Bertz CT molecular complexity index is 457. The Kier molecular flexibility index (Phi) is 2.95. The number of likely N-dealkylation sites (tertiary alicyclic amines) is 1. The summed E-state index contributed by atoms with van der Waals surface area (Å²) >= 11 is 0. The van der Waals surface area contributed by atoms with Gasteiger partial charge in [0.1, 0.15) is 5.82 Å². The third-order valence-electron chi connectivity index (χ3n) is 3.78. The van der Waals surface area contributed by atoms with E-state index in [9.17, 15) is 0 Å². The number of nitrogens with one attached hydrogen (secondary N) is 2. The number of fused-ring (bicyclic) bond motifs is 1. The van der Waals surface area contributed by atoms with E-state index in [1.165, 1.54) is 29.5 Å². The maximum atomic E-state index is 7.56. The summed E-state index contributed by atoms with van der Waals surface area (Å²) in [5, 5.41) is 15.3. The van der Waals surface area contributed by atoms with Gasteiger partial charge in [-0.05, 0) is 32.4 Å². The molecule has 0 aromatic carbocycles. The lowest BCUT2D eigenvalue weighted by Crippen LogP contribution is -2.30. The first-order valence-electron chi connectivity index (χ1n) is 6.67. The van der Waals surface area contributed by atoms with Crippen molar-refractivity contribution >= 4 is 11.8 Å². The van der Waals surface area contributed by atoms with Gasteiger partial charge in [0.2, 0.25) is 5.96 Å². The zero-order chi connectivity index (χ0) is 12.5. The van der Waals surface area contributed by atoms with E-state index in [0.717, 1.165) is 44.1 Å². The largest absolute Gasteiger partial charge is 0.369 e. The second kappa shape index (κ2) is 4.61. The van der Waals surface area contributed by atoms with E-state index in [-0.39, 0.29) is 5.96 Å². The van der Waals surface area contributed by atoms with E-state index in [2.05, 4.69) is 15.3 Å². The van der Waals surface area contributed by atoms with Crippen LogP contribution in [0.4, 0.5) is 5.82 Å². The van der Waals surface area contributed by atoms with Crippen molar-refractivity contribution in [2.75, 3.05) is 25.0 Å². The van der Waals surface area contributed by atoms with Crippen molar-refractivity contribution in [3.63, 3.8) is 0 Å². The van der Waals surface area contributed by atoms with Crippen LogP contribution < -0.4 is 11.1 Å². The van der Waals surface area contributed by atoms with Crippen LogP contribution in [0.15, 0.2) is 0 Å². The van der Waals surface area contributed by atoms with Crippen molar-refractivity contribution in [1.29, 1.82) is 5.41 Å². The van der Waals surface area contributed by atoms with Gasteiger partial charge in [-0.15, -0.1) is 0 Å². The number of aromatic nitrogens is 2. The third-order valence-corrected chi connectivity index (χ3v) is 3.78. The highest BCUT2D eigenvalue weighted by Gasteiger charge is 2.24. The smallest absolute Gasteiger partial charge is 0.215 e. The fourth-order valence-corrected chi connectivity index (χ4v) is 2.88. The van der Waals surface area contributed by atoms with Crippen LogP contribution in [0.5, 0.6) is 0 Å². The van der Waals surface area contributed by atoms with Crippen LogP contribution in [-0.4, -0.2) is 40.3 Å². The van der Waals surface area contributed by atoms with Gasteiger partial charge >= 0.3 is 0 Å². The lowest BCUT2D eigenvalue weighted by Gasteiger charge is -2.25. The highest BCUT2D eigenvalue weighted by Crippen LogP contribution is 2.26. The molecule has 6 heteroatoms.